The molecular formula is C15H21BrN2O3S. The lowest BCUT2D eigenvalue weighted by molar-refractivity contribution is -0.132. The van der Waals surface area contributed by atoms with E-state index in [9.17, 15) is 13.2 Å². The molecule has 1 aromatic rings. The van der Waals surface area contributed by atoms with Crippen molar-refractivity contribution in [2.45, 2.75) is 19.0 Å². The summed E-state index contributed by atoms with van der Waals surface area (Å²) in [7, 11) is 0.617. The molecule has 0 aliphatic carbocycles. The Morgan fingerprint density at radius 1 is 1.27 bits per heavy atom. The van der Waals surface area contributed by atoms with Gasteiger partial charge >= 0.3 is 0 Å². The molecule has 0 bridgehead atoms. The van der Waals surface area contributed by atoms with Crippen LogP contribution < -0.4 is 0 Å². The fourth-order valence-electron chi connectivity index (χ4n) is 2.58. The zero-order chi connectivity index (χ0) is 16.3. The van der Waals surface area contributed by atoms with E-state index in [2.05, 4.69) is 15.9 Å². The number of rotatable bonds is 5. The zero-order valence-corrected chi connectivity index (χ0v) is 15.2. The summed E-state index contributed by atoms with van der Waals surface area (Å²) in [4.78, 5) is 15.8. The van der Waals surface area contributed by atoms with Gasteiger partial charge in [0.1, 0.15) is 0 Å². The molecule has 122 valence electrons. The molecule has 0 unspecified atom stereocenters. The van der Waals surface area contributed by atoms with E-state index in [1.165, 1.54) is 0 Å². The Morgan fingerprint density at radius 2 is 1.91 bits per heavy atom. The highest BCUT2D eigenvalue weighted by Gasteiger charge is 2.32. The number of benzene rings is 1. The van der Waals surface area contributed by atoms with Crippen molar-refractivity contribution in [2.75, 3.05) is 32.1 Å². The first-order valence-electron chi connectivity index (χ1n) is 7.16. The van der Waals surface area contributed by atoms with Gasteiger partial charge in [-0.1, -0.05) is 28.1 Å². The summed E-state index contributed by atoms with van der Waals surface area (Å²) in [5.41, 5.74) is 1.13. The summed E-state index contributed by atoms with van der Waals surface area (Å²) in [6, 6.07) is 7.79. The summed E-state index contributed by atoms with van der Waals surface area (Å²) in [5.74, 6) is 0.233. The fraction of sp³-hybridized carbons (Fsp3) is 0.533. The van der Waals surface area contributed by atoms with Crippen molar-refractivity contribution in [1.82, 2.24) is 9.80 Å². The first-order chi connectivity index (χ1) is 10.3. The van der Waals surface area contributed by atoms with E-state index < -0.39 is 9.84 Å². The van der Waals surface area contributed by atoms with Crippen LogP contribution in [-0.2, 0) is 21.2 Å². The van der Waals surface area contributed by atoms with E-state index in [1.807, 2.05) is 36.2 Å². The molecule has 0 saturated carbocycles. The molecule has 5 nitrogen and oxygen atoms in total. The van der Waals surface area contributed by atoms with E-state index in [4.69, 9.17) is 0 Å². The van der Waals surface area contributed by atoms with E-state index in [0.717, 1.165) is 10.0 Å². The molecule has 0 radical (unpaired) electrons. The van der Waals surface area contributed by atoms with Crippen molar-refractivity contribution < 1.29 is 13.2 Å². The van der Waals surface area contributed by atoms with Crippen molar-refractivity contribution in [2.24, 2.45) is 0 Å². The molecule has 1 fully saturated rings. The third-order valence-corrected chi connectivity index (χ3v) is 6.20. The predicted molar refractivity (Wildman–Crippen MR) is 90.3 cm³/mol. The Kier molecular flexibility index (Phi) is 5.63. The van der Waals surface area contributed by atoms with Gasteiger partial charge in [-0.2, -0.15) is 0 Å². The summed E-state index contributed by atoms with van der Waals surface area (Å²) in [5, 5.41) is 0. The van der Waals surface area contributed by atoms with Gasteiger partial charge in [0, 0.05) is 24.1 Å². The number of hydrogen-bond donors (Lipinski definition) is 0. The molecule has 22 heavy (non-hydrogen) atoms. The van der Waals surface area contributed by atoms with Crippen molar-refractivity contribution in [3.05, 3.63) is 34.3 Å². The van der Waals surface area contributed by atoms with Gasteiger partial charge in [-0.15, -0.1) is 0 Å². The lowest BCUT2D eigenvalue weighted by Crippen LogP contribution is -2.42. The van der Waals surface area contributed by atoms with E-state index in [0.29, 0.717) is 13.0 Å². The number of nitrogens with zero attached hydrogens (tertiary/aromatic N) is 2. The Hall–Kier alpha value is -0.920. The number of likely N-dealkylation sites (N-methyl/N-ethyl adjacent to an activating group) is 2. The van der Waals surface area contributed by atoms with Gasteiger partial charge in [-0.05, 0) is 31.2 Å². The molecule has 1 aliphatic rings. The summed E-state index contributed by atoms with van der Waals surface area (Å²) in [6.07, 6.45) is 0.543. The van der Waals surface area contributed by atoms with Crippen LogP contribution in [0, 0.1) is 0 Å². The van der Waals surface area contributed by atoms with Gasteiger partial charge in [-0.3, -0.25) is 9.69 Å². The molecule has 2 rings (SSSR count). The topological polar surface area (TPSA) is 57.7 Å². The highest BCUT2D eigenvalue weighted by Crippen LogP contribution is 2.17. The van der Waals surface area contributed by atoms with Crippen LogP contribution in [0.4, 0.5) is 0 Å². The molecule has 1 aliphatic heterocycles. The third-order valence-electron chi connectivity index (χ3n) is 3.92. The quantitative estimate of drug-likeness (QED) is 0.767. The average molecular weight is 389 g/mol. The van der Waals surface area contributed by atoms with E-state index in [1.54, 1.807) is 11.9 Å². The largest absolute Gasteiger partial charge is 0.341 e. The third kappa shape index (κ3) is 4.79. The van der Waals surface area contributed by atoms with Crippen LogP contribution in [-0.4, -0.2) is 62.3 Å². The van der Waals surface area contributed by atoms with Crippen LogP contribution in [0.3, 0.4) is 0 Å². The van der Waals surface area contributed by atoms with Gasteiger partial charge < -0.3 is 4.90 Å². The monoisotopic (exact) mass is 388 g/mol. The molecule has 0 spiro atoms. The maximum absolute atomic E-state index is 12.3. The number of halogens is 1. The molecule has 1 saturated heterocycles. The fourth-order valence-corrected chi connectivity index (χ4v) is 4.62. The summed E-state index contributed by atoms with van der Waals surface area (Å²) in [6.45, 7) is 0.957. The number of hydrogen-bond acceptors (Lipinski definition) is 4. The van der Waals surface area contributed by atoms with E-state index in [-0.39, 0.29) is 30.0 Å². The predicted octanol–water partition coefficient (Wildman–Crippen LogP) is 1.53. The minimum atomic E-state index is -2.97. The molecular weight excluding hydrogens is 368 g/mol. The Labute approximate surface area is 140 Å². The molecule has 0 N–H and O–H groups in total. The van der Waals surface area contributed by atoms with Crippen molar-refractivity contribution in [3.63, 3.8) is 0 Å². The van der Waals surface area contributed by atoms with Crippen molar-refractivity contribution in [1.29, 1.82) is 0 Å². The van der Waals surface area contributed by atoms with Gasteiger partial charge in [-0.25, -0.2) is 8.42 Å². The second-order valence-corrected chi connectivity index (χ2v) is 9.00. The van der Waals surface area contributed by atoms with Crippen LogP contribution in [0.1, 0.15) is 12.0 Å². The van der Waals surface area contributed by atoms with Gasteiger partial charge in [0.15, 0.2) is 9.84 Å². The first kappa shape index (κ1) is 17.4. The van der Waals surface area contributed by atoms with Crippen LogP contribution in [0.25, 0.3) is 0 Å². The standard InChI is InChI=1S/C15H21BrN2O3S/c1-17(9-12-3-5-13(16)6-4-12)10-15(19)18(2)14-7-8-22(20,21)11-14/h3-6,14H,7-11H2,1-2H3/t14-/m1/s1. The maximum Gasteiger partial charge on any atom is 0.236 e. The molecule has 0 aromatic heterocycles. The van der Waals surface area contributed by atoms with Crippen molar-refractivity contribution in [3.8, 4) is 0 Å². The van der Waals surface area contributed by atoms with Crippen LogP contribution in [0.15, 0.2) is 28.7 Å². The van der Waals surface area contributed by atoms with Crippen LogP contribution in [0.5, 0.6) is 0 Å². The smallest absolute Gasteiger partial charge is 0.236 e. The lowest BCUT2D eigenvalue weighted by atomic mass is 10.2. The van der Waals surface area contributed by atoms with Crippen LogP contribution >= 0.6 is 15.9 Å². The maximum atomic E-state index is 12.3. The minimum absolute atomic E-state index is 0.0401. The second-order valence-electron chi connectivity index (χ2n) is 5.86. The molecule has 1 atom stereocenters. The molecule has 1 amide bonds. The Balaban J connectivity index is 1.87. The molecule has 7 heteroatoms. The highest BCUT2D eigenvalue weighted by atomic mass is 79.9. The second kappa shape index (κ2) is 7.10. The lowest BCUT2D eigenvalue weighted by Gasteiger charge is -2.26. The average Bonchev–Trinajstić information content (AvgIpc) is 2.80. The minimum Gasteiger partial charge on any atom is -0.341 e. The van der Waals surface area contributed by atoms with Gasteiger partial charge in [0.25, 0.3) is 0 Å². The Morgan fingerprint density at radius 3 is 2.45 bits per heavy atom. The van der Waals surface area contributed by atoms with Crippen molar-refractivity contribution >= 4 is 31.7 Å². The van der Waals surface area contributed by atoms with Crippen LogP contribution in [0.2, 0.25) is 0 Å². The number of amides is 1. The first-order valence-corrected chi connectivity index (χ1v) is 9.77. The normalized spacial score (nSPS) is 20.3. The zero-order valence-electron chi connectivity index (χ0n) is 12.8. The summed E-state index contributed by atoms with van der Waals surface area (Å²) >= 11 is 3.39. The number of carbonyl (C=O) groups excluding carboxylic acids is 1. The van der Waals surface area contributed by atoms with E-state index >= 15 is 0 Å². The molecule has 1 heterocycles. The van der Waals surface area contributed by atoms with Gasteiger partial charge in [0.05, 0.1) is 18.1 Å². The SMILES string of the molecule is CN(CC(=O)N(C)[C@@H]1CCS(=O)(=O)C1)Cc1ccc(Br)cc1. The Bertz CT molecular complexity index is 631. The highest BCUT2D eigenvalue weighted by molar-refractivity contribution is 9.10. The number of carbonyl (C=O) groups is 1. The number of sulfone groups is 1. The molecule has 1 aromatic carbocycles. The summed E-state index contributed by atoms with van der Waals surface area (Å²) < 4.78 is 24.0. The van der Waals surface area contributed by atoms with Gasteiger partial charge in [0.2, 0.25) is 5.91 Å².